The predicted molar refractivity (Wildman–Crippen MR) is 109 cm³/mol. The van der Waals surface area contributed by atoms with E-state index >= 15 is 0 Å². The third-order valence-corrected chi connectivity index (χ3v) is 5.50. The van der Waals surface area contributed by atoms with Crippen molar-refractivity contribution in [3.05, 3.63) is 53.1 Å². The Labute approximate surface area is 162 Å². The predicted octanol–water partition coefficient (Wildman–Crippen LogP) is 3.54. The van der Waals surface area contributed by atoms with E-state index in [-0.39, 0.29) is 5.91 Å². The number of nitrogens with zero attached hydrogens (tertiary/aromatic N) is 3. The number of carbonyl (C=O) groups is 1. The van der Waals surface area contributed by atoms with Gasteiger partial charge in [0, 0.05) is 24.1 Å². The summed E-state index contributed by atoms with van der Waals surface area (Å²) in [4.78, 5) is 19.6. The van der Waals surface area contributed by atoms with Crippen LogP contribution in [0.25, 0.3) is 0 Å². The molecule has 1 fully saturated rings. The number of likely N-dealkylation sites (tertiary alicyclic amines) is 1. The molecule has 3 rings (SSSR count). The zero-order valence-electron chi connectivity index (χ0n) is 16.7. The van der Waals surface area contributed by atoms with E-state index in [1.165, 1.54) is 38.8 Å². The number of nitrogens with one attached hydrogen (secondary N) is 1. The Kier molecular flexibility index (Phi) is 7.04. The van der Waals surface area contributed by atoms with Crippen LogP contribution in [0.15, 0.2) is 30.5 Å². The molecule has 0 radical (unpaired) electrons. The number of carbonyl (C=O) groups excluding carboxylic acids is 1. The zero-order chi connectivity index (χ0) is 19.1. The SMILES string of the molecule is Cc1cc(C(=O)NCCCN2CCCCCC2)c(C)n1Cc1ccccn1. The Morgan fingerprint density at radius 3 is 2.63 bits per heavy atom. The third kappa shape index (κ3) is 5.42. The lowest BCUT2D eigenvalue weighted by molar-refractivity contribution is 0.0951. The second-order valence-corrected chi connectivity index (χ2v) is 7.56. The highest BCUT2D eigenvalue weighted by Crippen LogP contribution is 2.16. The Balaban J connectivity index is 1.51. The Hall–Kier alpha value is -2.14. The van der Waals surface area contributed by atoms with Crippen molar-refractivity contribution in [1.82, 2.24) is 19.8 Å². The van der Waals surface area contributed by atoms with Crippen LogP contribution in [0, 0.1) is 13.8 Å². The van der Waals surface area contributed by atoms with E-state index in [1.54, 1.807) is 6.20 Å². The van der Waals surface area contributed by atoms with Gasteiger partial charge in [-0.2, -0.15) is 0 Å². The molecule has 1 saturated heterocycles. The van der Waals surface area contributed by atoms with Gasteiger partial charge in [-0.1, -0.05) is 18.9 Å². The molecule has 5 heteroatoms. The van der Waals surface area contributed by atoms with E-state index in [0.717, 1.165) is 42.2 Å². The van der Waals surface area contributed by atoms with Gasteiger partial charge in [-0.3, -0.25) is 9.78 Å². The van der Waals surface area contributed by atoms with Gasteiger partial charge in [-0.05, 0) is 70.9 Å². The maximum atomic E-state index is 12.6. The summed E-state index contributed by atoms with van der Waals surface area (Å²) in [5, 5.41) is 3.10. The van der Waals surface area contributed by atoms with Crippen LogP contribution in [0.5, 0.6) is 0 Å². The van der Waals surface area contributed by atoms with Gasteiger partial charge in [-0.15, -0.1) is 0 Å². The number of aryl methyl sites for hydroxylation is 1. The minimum absolute atomic E-state index is 0.0336. The van der Waals surface area contributed by atoms with E-state index in [1.807, 2.05) is 38.1 Å². The summed E-state index contributed by atoms with van der Waals surface area (Å²) in [6.45, 7) is 9.00. The highest BCUT2D eigenvalue weighted by molar-refractivity contribution is 5.95. The van der Waals surface area contributed by atoms with Gasteiger partial charge in [-0.25, -0.2) is 0 Å². The first-order chi connectivity index (χ1) is 13.1. The van der Waals surface area contributed by atoms with Crippen LogP contribution in [-0.2, 0) is 6.54 Å². The molecule has 0 atom stereocenters. The Morgan fingerprint density at radius 2 is 1.93 bits per heavy atom. The van der Waals surface area contributed by atoms with E-state index < -0.39 is 0 Å². The molecule has 1 amide bonds. The number of aromatic nitrogens is 2. The molecular weight excluding hydrogens is 336 g/mol. The molecule has 0 spiro atoms. The fourth-order valence-corrected chi connectivity index (χ4v) is 3.89. The maximum Gasteiger partial charge on any atom is 0.253 e. The van der Waals surface area contributed by atoms with Crippen LogP contribution >= 0.6 is 0 Å². The van der Waals surface area contributed by atoms with Gasteiger partial charge < -0.3 is 14.8 Å². The molecule has 146 valence electrons. The summed E-state index contributed by atoms with van der Waals surface area (Å²) >= 11 is 0. The van der Waals surface area contributed by atoms with Crippen LogP contribution in [0.2, 0.25) is 0 Å². The smallest absolute Gasteiger partial charge is 0.253 e. The molecule has 2 aromatic rings. The number of amides is 1. The average Bonchev–Trinajstić information content (AvgIpc) is 2.86. The van der Waals surface area contributed by atoms with Gasteiger partial charge in [0.15, 0.2) is 0 Å². The first kappa shape index (κ1) is 19.6. The molecule has 2 aromatic heterocycles. The molecule has 0 aromatic carbocycles. The highest BCUT2D eigenvalue weighted by Gasteiger charge is 2.16. The van der Waals surface area contributed by atoms with Gasteiger partial charge in [0.2, 0.25) is 0 Å². The molecular formula is C22H32N4O. The van der Waals surface area contributed by atoms with Gasteiger partial charge in [0.25, 0.3) is 5.91 Å². The van der Waals surface area contributed by atoms with E-state index in [9.17, 15) is 4.79 Å². The van der Waals surface area contributed by atoms with Crippen LogP contribution < -0.4 is 5.32 Å². The van der Waals surface area contributed by atoms with Crippen LogP contribution in [-0.4, -0.2) is 46.5 Å². The summed E-state index contributed by atoms with van der Waals surface area (Å²) in [5.74, 6) is 0.0336. The standard InChI is InChI=1S/C22H32N4O/c1-18-16-21(19(2)26(18)17-20-10-5-6-11-23-20)22(27)24-12-9-15-25-13-7-3-4-8-14-25/h5-6,10-11,16H,3-4,7-9,12-15,17H2,1-2H3,(H,24,27). The normalized spacial score (nSPS) is 15.5. The summed E-state index contributed by atoms with van der Waals surface area (Å²) in [6, 6.07) is 7.92. The molecule has 0 aliphatic carbocycles. The first-order valence-electron chi connectivity index (χ1n) is 10.2. The zero-order valence-corrected chi connectivity index (χ0v) is 16.7. The molecule has 0 unspecified atom stereocenters. The van der Waals surface area contributed by atoms with Crippen molar-refractivity contribution in [2.75, 3.05) is 26.2 Å². The van der Waals surface area contributed by atoms with Crippen molar-refractivity contribution in [3.63, 3.8) is 0 Å². The van der Waals surface area contributed by atoms with Crippen molar-refractivity contribution >= 4 is 5.91 Å². The number of pyridine rings is 1. The Morgan fingerprint density at radius 1 is 1.15 bits per heavy atom. The van der Waals surface area contributed by atoms with E-state index in [2.05, 4.69) is 19.8 Å². The van der Waals surface area contributed by atoms with E-state index in [0.29, 0.717) is 6.54 Å². The van der Waals surface area contributed by atoms with Crippen molar-refractivity contribution in [2.24, 2.45) is 0 Å². The minimum Gasteiger partial charge on any atom is -0.352 e. The Bertz CT molecular complexity index is 730. The summed E-state index contributed by atoms with van der Waals surface area (Å²) in [6.07, 6.45) is 8.17. The largest absolute Gasteiger partial charge is 0.352 e. The van der Waals surface area contributed by atoms with Gasteiger partial charge in [0.1, 0.15) is 0 Å². The average molecular weight is 369 g/mol. The molecule has 0 bridgehead atoms. The highest BCUT2D eigenvalue weighted by atomic mass is 16.1. The second kappa shape index (κ2) is 9.70. The number of hydrogen-bond acceptors (Lipinski definition) is 3. The van der Waals surface area contributed by atoms with Crippen molar-refractivity contribution in [3.8, 4) is 0 Å². The van der Waals surface area contributed by atoms with Crippen LogP contribution in [0.4, 0.5) is 0 Å². The van der Waals surface area contributed by atoms with E-state index in [4.69, 9.17) is 0 Å². The topological polar surface area (TPSA) is 50.2 Å². The minimum atomic E-state index is 0.0336. The van der Waals surface area contributed by atoms with Gasteiger partial charge in [0.05, 0.1) is 17.8 Å². The fourth-order valence-electron chi connectivity index (χ4n) is 3.89. The van der Waals surface area contributed by atoms with Crippen LogP contribution in [0.3, 0.4) is 0 Å². The van der Waals surface area contributed by atoms with Crippen LogP contribution in [0.1, 0.15) is 59.5 Å². The number of hydrogen-bond donors (Lipinski definition) is 1. The summed E-state index contributed by atoms with van der Waals surface area (Å²) in [7, 11) is 0. The first-order valence-corrected chi connectivity index (χ1v) is 10.2. The summed E-state index contributed by atoms with van der Waals surface area (Å²) in [5.41, 5.74) is 3.87. The monoisotopic (exact) mass is 368 g/mol. The van der Waals surface area contributed by atoms with Crippen molar-refractivity contribution < 1.29 is 4.79 Å². The lowest BCUT2D eigenvalue weighted by Crippen LogP contribution is -2.30. The molecule has 27 heavy (non-hydrogen) atoms. The lowest BCUT2D eigenvalue weighted by Gasteiger charge is -2.19. The van der Waals surface area contributed by atoms with Crippen molar-refractivity contribution in [2.45, 2.75) is 52.5 Å². The maximum absolute atomic E-state index is 12.6. The number of rotatable bonds is 7. The van der Waals surface area contributed by atoms with Crippen molar-refractivity contribution in [1.29, 1.82) is 0 Å². The fraction of sp³-hybridized carbons (Fsp3) is 0.545. The second-order valence-electron chi connectivity index (χ2n) is 7.56. The molecule has 1 N–H and O–H groups in total. The van der Waals surface area contributed by atoms with Gasteiger partial charge >= 0.3 is 0 Å². The molecule has 1 aliphatic heterocycles. The molecule has 0 saturated carbocycles. The molecule has 1 aliphatic rings. The molecule has 5 nitrogen and oxygen atoms in total. The third-order valence-electron chi connectivity index (χ3n) is 5.50. The summed E-state index contributed by atoms with van der Waals surface area (Å²) < 4.78 is 2.16. The quantitative estimate of drug-likeness (QED) is 0.761. The lowest BCUT2D eigenvalue weighted by atomic mass is 10.2. The molecule has 3 heterocycles.